The Bertz CT molecular complexity index is 892. The fourth-order valence-corrected chi connectivity index (χ4v) is 4.26. The van der Waals surface area contributed by atoms with Crippen molar-refractivity contribution in [2.24, 2.45) is 5.41 Å². The van der Waals surface area contributed by atoms with Gasteiger partial charge < -0.3 is 19.0 Å². The molecule has 3 atom stereocenters. The molecule has 0 unspecified atom stereocenters. The van der Waals surface area contributed by atoms with Crippen molar-refractivity contribution in [2.75, 3.05) is 18.5 Å². The molecule has 0 bridgehead atoms. The monoisotopic (exact) mass is 505 g/mol. The van der Waals surface area contributed by atoms with Gasteiger partial charge in [-0.05, 0) is 31.0 Å². The highest BCUT2D eigenvalue weighted by Gasteiger charge is 2.71. The van der Waals surface area contributed by atoms with Crippen molar-refractivity contribution in [3.63, 3.8) is 0 Å². The third-order valence-corrected chi connectivity index (χ3v) is 6.45. The second-order valence-electron chi connectivity index (χ2n) is 9.90. The summed E-state index contributed by atoms with van der Waals surface area (Å²) in [5.74, 6) is -4.00. The van der Waals surface area contributed by atoms with Crippen LogP contribution in [0.2, 0.25) is 13.1 Å². The second-order valence-corrected chi connectivity index (χ2v) is 12.3. The lowest BCUT2D eigenvalue weighted by Gasteiger charge is -2.36. The molecule has 2 heterocycles. The van der Waals surface area contributed by atoms with Crippen molar-refractivity contribution in [1.29, 1.82) is 0 Å². The fourth-order valence-electron chi connectivity index (χ4n) is 3.70. The van der Waals surface area contributed by atoms with E-state index in [0.29, 0.717) is 11.0 Å². The number of carbonyl (C=O) groups is 1. The number of nitrogens with zero attached hydrogens (tertiary/aromatic N) is 2. The number of hydrogen-bond acceptors (Lipinski definition) is 7. The van der Waals surface area contributed by atoms with Gasteiger partial charge in [0.15, 0.2) is 9.04 Å². The molecular weight excluding hydrogens is 468 g/mol. The molecule has 9 nitrogen and oxygen atoms in total. The van der Waals surface area contributed by atoms with Crippen molar-refractivity contribution in [3.8, 4) is 0 Å². The number of alkyl halides is 2. The third kappa shape index (κ3) is 6.21. The van der Waals surface area contributed by atoms with E-state index in [4.69, 9.17) is 13.9 Å². The maximum Gasteiger partial charge on any atom is 0.412 e. The molecule has 34 heavy (non-hydrogen) atoms. The van der Waals surface area contributed by atoms with Crippen LogP contribution in [0.1, 0.15) is 53.4 Å². The predicted octanol–water partition coefficient (Wildman–Crippen LogP) is 3.47. The number of hydrogen-bond donors (Lipinski definition) is 2. The van der Waals surface area contributed by atoms with Gasteiger partial charge in [0, 0.05) is 6.20 Å². The molecular formula is C22H37F2N3O6Si. The zero-order valence-electron chi connectivity index (χ0n) is 20.8. The van der Waals surface area contributed by atoms with Crippen LogP contribution in [0.4, 0.5) is 19.4 Å². The zero-order valence-corrected chi connectivity index (χ0v) is 21.9. The Morgan fingerprint density at radius 1 is 1.32 bits per heavy atom. The molecule has 1 aliphatic rings. The number of aliphatic hydroxyl groups is 1. The van der Waals surface area contributed by atoms with Crippen LogP contribution in [0.25, 0.3) is 0 Å². The van der Waals surface area contributed by atoms with E-state index in [-0.39, 0.29) is 12.4 Å². The lowest BCUT2D eigenvalue weighted by molar-refractivity contribution is -0.237. The maximum absolute atomic E-state index is 15.6. The second kappa shape index (κ2) is 11.2. The van der Waals surface area contributed by atoms with Crippen molar-refractivity contribution >= 4 is 21.0 Å². The van der Waals surface area contributed by atoms with E-state index in [1.165, 1.54) is 6.07 Å². The first kappa shape index (κ1) is 28.3. The van der Waals surface area contributed by atoms with E-state index in [9.17, 15) is 14.7 Å². The smallest absolute Gasteiger partial charge is 0.412 e. The summed E-state index contributed by atoms with van der Waals surface area (Å²) in [5, 5.41) is 12.8. The molecule has 1 saturated heterocycles. The Kier molecular flexibility index (Phi) is 9.36. The molecule has 0 aliphatic carbocycles. The number of amides is 1. The Hall–Kier alpha value is -1.89. The van der Waals surface area contributed by atoms with E-state index in [1.54, 1.807) is 33.9 Å². The molecule has 0 aromatic carbocycles. The van der Waals surface area contributed by atoms with E-state index < -0.39 is 56.7 Å². The molecule has 1 amide bonds. The van der Waals surface area contributed by atoms with Crippen molar-refractivity contribution in [2.45, 2.75) is 90.3 Å². The number of anilines is 1. The molecule has 1 aliphatic heterocycles. The minimum Gasteiger partial charge on any atom is -0.449 e. The molecule has 12 heteroatoms. The summed E-state index contributed by atoms with van der Waals surface area (Å²) in [4.78, 5) is 28.5. The Labute approximate surface area is 200 Å². The van der Waals surface area contributed by atoms with Crippen LogP contribution in [0, 0.1) is 5.41 Å². The maximum atomic E-state index is 15.6. The molecule has 1 aromatic rings. The first-order valence-corrected chi connectivity index (χ1v) is 14.4. The SMILES string of the molecule is CCCCCCOC(=O)Nc1ccn([C@]2(CO[SiH](C)C)O[C@H](C(C)(C)C)[C@@H](O)C2(F)F)c(=O)n1. The van der Waals surface area contributed by atoms with Crippen molar-refractivity contribution < 1.29 is 32.6 Å². The van der Waals surface area contributed by atoms with Gasteiger partial charge in [0.05, 0.1) is 19.3 Å². The van der Waals surface area contributed by atoms with Crippen LogP contribution in [0.3, 0.4) is 0 Å². The van der Waals surface area contributed by atoms with E-state index >= 15 is 8.78 Å². The Morgan fingerprint density at radius 2 is 2.00 bits per heavy atom. The Balaban J connectivity index is 2.31. The van der Waals surface area contributed by atoms with Gasteiger partial charge >= 0.3 is 17.7 Å². The standard InChI is InChI=1S/C22H37F2N3O6Si/c1-7-8-9-10-13-31-19(30)26-15-11-12-27(18(29)25-15)21(14-32-34(5)6)22(23,24)16(28)17(33-21)20(2,3)4/h11-12,16-17,28,34H,7-10,13-14H2,1-6H3,(H,25,26,29,30)/t16-,17+,21-/m1/s1. The van der Waals surface area contributed by atoms with E-state index in [2.05, 4.69) is 17.2 Å². The predicted molar refractivity (Wildman–Crippen MR) is 126 cm³/mol. The zero-order chi connectivity index (χ0) is 25.7. The molecule has 2 N–H and O–H groups in total. The number of halogens is 2. The average molecular weight is 506 g/mol. The number of rotatable bonds is 10. The highest BCUT2D eigenvalue weighted by Crippen LogP contribution is 2.51. The number of carbonyl (C=O) groups excluding carboxylic acids is 1. The number of aliphatic hydroxyl groups excluding tert-OH is 1. The summed E-state index contributed by atoms with van der Waals surface area (Å²) in [6.45, 7) is 10.2. The van der Waals surface area contributed by atoms with Crippen LogP contribution in [-0.2, 0) is 19.6 Å². The largest absolute Gasteiger partial charge is 0.449 e. The summed E-state index contributed by atoms with van der Waals surface area (Å²) in [6.07, 6.45) is 0.545. The highest BCUT2D eigenvalue weighted by atomic mass is 28.3. The number of ether oxygens (including phenoxy) is 2. The molecule has 1 aromatic heterocycles. The summed E-state index contributed by atoms with van der Waals surface area (Å²) in [7, 11) is -1.80. The van der Waals surface area contributed by atoms with Gasteiger partial charge in [0.25, 0.3) is 0 Å². The normalized spacial score (nSPS) is 24.4. The van der Waals surface area contributed by atoms with Gasteiger partial charge in [0.2, 0.25) is 5.72 Å². The van der Waals surface area contributed by atoms with E-state index in [0.717, 1.165) is 25.5 Å². The molecule has 0 radical (unpaired) electrons. The number of nitrogens with one attached hydrogen (secondary N) is 1. The van der Waals surface area contributed by atoms with Crippen molar-refractivity contribution in [1.82, 2.24) is 9.55 Å². The summed E-state index contributed by atoms with van der Waals surface area (Å²) >= 11 is 0. The average Bonchev–Trinajstić information content (AvgIpc) is 2.93. The molecule has 0 spiro atoms. The van der Waals surface area contributed by atoms with Crippen LogP contribution in [-0.4, -0.2) is 61.1 Å². The van der Waals surface area contributed by atoms with Crippen LogP contribution in [0.5, 0.6) is 0 Å². The van der Waals surface area contributed by atoms with Gasteiger partial charge in [-0.1, -0.05) is 47.0 Å². The minimum atomic E-state index is -3.86. The number of aromatic nitrogens is 2. The van der Waals surface area contributed by atoms with Gasteiger partial charge in [-0.3, -0.25) is 9.88 Å². The lowest BCUT2D eigenvalue weighted by Crippen LogP contribution is -2.58. The first-order chi connectivity index (χ1) is 15.8. The summed E-state index contributed by atoms with van der Waals surface area (Å²) < 4.78 is 48.2. The molecule has 0 saturated carbocycles. The quantitative estimate of drug-likeness (QED) is 0.370. The molecule has 194 valence electrons. The van der Waals surface area contributed by atoms with E-state index in [1.807, 2.05) is 0 Å². The molecule has 1 fully saturated rings. The topological polar surface area (TPSA) is 112 Å². The number of unbranched alkanes of at least 4 members (excludes halogenated alkanes) is 3. The van der Waals surface area contributed by atoms with Crippen LogP contribution in [0.15, 0.2) is 17.1 Å². The van der Waals surface area contributed by atoms with Gasteiger partial charge in [-0.25, -0.2) is 9.59 Å². The van der Waals surface area contributed by atoms with Gasteiger partial charge in [-0.2, -0.15) is 13.8 Å². The first-order valence-electron chi connectivity index (χ1n) is 11.7. The van der Waals surface area contributed by atoms with Crippen molar-refractivity contribution in [3.05, 3.63) is 22.7 Å². The summed E-state index contributed by atoms with van der Waals surface area (Å²) in [6, 6.07) is 1.20. The lowest BCUT2D eigenvalue weighted by atomic mass is 9.84. The van der Waals surface area contributed by atoms with Gasteiger partial charge in [0.1, 0.15) is 11.9 Å². The highest BCUT2D eigenvalue weighted by molar-refractivity contribution is 6.48. The fraction of sp³-hybridized carbons (Fsp3) is 0.773. The third-order valence-electron chi connectivity index (χ3n) is 5.62. The Morgan fingerprint density at radius 3 is 2.53 bits per heavy atom. The summed E-state index contributed by atoms with van der Waals surface area (Å²) in [5.41, 5.74) is -4.53. The van der Waals surface area contributed by atoms with Crippen LogP contribution >= 0.6 is 0 Å². The molecule has 2 rings (SSSR count). The van der Waals surface area contributed by atoms with Gasteiger partial charge in [-0.15, -0.1) is 0 Å². The minimum absolute atomic E-state index is 0.150. The van der Waals surface area contributed by atoms with Crippen LogP contribution < -0.4 is 11.0 Å².